The molecule has 1 aromatic rings. The largest absolute Gasteiger partial charge is 0.481 e. The second-order valence-electron chi connectivity index (χ2n) is 6.36. The van der Waals surface area contributed by atoms with E-state index in [0.717, 1.165) is 5.56 Å². The van der Waals surface area contributed by atoms with E-state index in [-0.39, 0.29) is 23.3 Å². The van der Waals surface area contributed by atoms with Crippen molar-refractivity contribution in [3.63, 3.8) is 0 Å². The van der Waals surface area contributed by atoms with Crippen LogP contribution < -0.4 is 5.32 Å². The zero-order chi connectivity index (χ0) is 14.9. The zero-order valence-corrected chi connectivity index (χ0v) is 12.0. The molecule has 20 heavy (non-hydrogen) atoms. The van der Waals surface area contributed by atoms with E-state index < -0.39 is 5.97 Å². The number of carboxylic acids is 1. The fourth-order valence-electron chi connectivity index (χ4n) is 2.17. The number of rotatable bonds is 3. The number of hydrogen-bond donors (Lipinski definition) is 2. The van der Waals surface area contributed by atoms with Gasteiger partial charge >= 0.3 is 5.97 Å². The second kappa shape index (κ2) is 5.23. The first-order chi connectivity index (χ1) is 9.27. The lowest BCUT2D eigenvalue weighted by atomic mass is 9.80. The highest BCUT2D eigenvalue weighted by Crippen LogP contribution is 2.27. The molecule has 0 spiro atoms. The Morgan fingerprint density at radius 1 is 1.30 bits per heavy atom. The van der Waals surface area contributed by atoms with Crippen LogP contribution in [0.2, 0.25) is 0 Å². The normalized spacial score (nSPS) is 21.9. The Morgan fingerprint density at radius 3 is 2.40 bits per heavy atom. The summed E-state index contributed by atoms with van der Waals surface area (Å²) in [4.78, 5) is 26.8. The lowest BCUT2D eigenvalue weighted by molar-refractivity contribution is -0.145. The number of carboxylic acid groups (broad SMARTS) is 1. The average Bonchev–Trinajstić information content (AvgIpc) is 2.31. The summed E-state index contributed by atoms with van der Waals surface area (Å²) in [5.74, 6) is -1.35. The number of hydrogen-bond acceptors (Lipinski definition) is 3. The Balaban J connectivity index is 1.92. The predicted octanol–water partition coefficient (Wildman–Crippen LogP) is 1.97. The van der Waals surface area contributed by atoms with Gasteiger partial charge in [0.25, 0.3) is 5.91 Å². The van der Waals surface area contributed by atoms with E-state index in [2.05, 4.69) is 31.1 Å². The molecule has 5 heteroatoms. The van der Waals surface area contributed by atoms with Crippen LogP contribution in [-0.4, -0.2) is 28.0 Å². The van der Waals surface area contributed by atoms with Gasteiger partial charge in [-0.25, -0.2) is 0 Å². The maximum atomic E-state index is 12.0. The fourth-order valence-corrected chi connectivity index (χ4v) is 2.17. The van der Waals surface area contributed by atoms with Crippen LogP contribution in [0.3, 0.4) is 0 Å². The summed E-state index contributed by atoms with van der Waals surface area (Å²) in [6.07, 6.45) is 2.72. The lowest BCUT2D eigenvalue weighted by Gasteiger charge is -2.32. The van der Waals surface area contributed by atoms with Gasteiger partial charge in [0.05, 0.1) is 5.92 Å². The molecule has 0 radical (unpaired) electrons. The Morgan fingerprint density at radius 2 is 1.95 bits per heavy atom. The lowest BCUT2D eigenvalue weighted by Crippen LogP contribution is -2.46. The first kappa shape index (κ1) is 14.5. The van der Waals surface area contributed by atoms with Crippen LogP contribution in [0.5, 0.6) is 0 Å². The third kappa shape index (κ3) is 3.15. The number of carbonyl (C=O) groups is 2. The topological polar surface area (TPSA) is 79.3 Å². The van der Waals surface area contributed by atoms with Crippen molar-refractivity contribution in [1.82, 2.24) is 10.3 Å². The molecule has 1 heterocycles. The Labute approximate surface area is 118 Å². The molecule has 108 valence electrons. The molecule has 0 saturated heterocycles. The Kier molecular flexibility index (Phi) is 3.79. The molecule has 2 rings (SSSR count). The van der Waals surface area contributed by atoms with Crippen molar-refractivity contribution in [3.05, 3.63) is 29.6 Å². The number of nitrogens with one attached hydrogen (secondary N) is 1. The number of carbonyl (C=O) groups excluding carboxylic acids is 1. The maximum absolute atomic E-state index is 12.0. The highest BCUT2D eigenvalue weighted by Gasteiger charge is 2.35. The summed E-state index contributed by atoms with van der Waals surface area (Å²) >= 11 is 0. The van der Waals surface area contributed by atoms with Gasteiger partial charge in [-0.15, -0.1) is 0 Å². The van der Waals surface area contributed by atoms with E-state index in [0.29, 0.717) is 18.5 Å². The van der Waals surface area contributed by atoms with E-state index >= 15 is 0 Å². The summed E-state index contributed by atoms with van der Waals surface area (Å²) in [5, 5.41) is 11.6. The summed E-state index contributed by atoms with van der Waals surface area (Å²) in [5.41, 5.74) is 1.45. The van der Waals surface area contributed by atoms with Gasteiger partial charge in [-0.2, -0.15) is 0 Å². The molecule has 0 aliphatic heterocycles. The van der Waals surface area contributed by atoms with Crippen molar-refractivity contribution in [2.45, 2.75) is 45.1 Å². The maximum Gasteiger partial charge on any atom is 0.306 e. The number of aliphatic carboxylic acids is 1. The molecule has 0 bridgehead atoms. The van der Waals surface area contributed by atoms with E-state index in [4.69, 9.17) is 5.11 Å². The first-order valence-corrected chi connectivity index (χ1v) is 6.77. The molecule has 0 atom stereocenters. The van der Waals surface area contributed by atoms with Gasteiger partial charge in [0, 0.05) is 12.2 Å². The molecule has 1 fully saturated rings. The molecule has 0 aromatic carbocycles. The third-order valence-electron chi connectivity index (χ3n) is 3.68. The van der Waals surface area contributed by atoms with Gasteiger partial charge in [-0.3, -0.25) is 14.6 Å². The smallest absolute Gasteiger partial charge is 0.306 e. The van der Waals surface area contributed by atoms with Gasteiger partial charge in [-0.1, -0.05) is 26.8 Å². The molecular weight excluding hydrogens is 256 g/mol. The molecule has 5 nitrogen and oxygen atoms in total. The average molecular weight is 276 g/mol. The number of nitrogens with zero attached hydrogens (tertiary/aromatic N) is 1. The van der Waals surface area contributed by atoms with Crippen LogP contribution in [0.25, 0.3) is 0 Å². The minimum atomic E-state index is -0.789. The van der Waals surface area contributed by atoms with Gasteiger partial charge in [0.1, 0.15) is 5.69 Å². The van der Waals surface area contributed by atoms with Gasteiger partial charge in [-0.05, 0) is 29.9 Å². The van der Waals surface area contributed by atoms with Crippen LogP contribution in [0.4, 0.5) is 0 Å². The van der Waals surface area contributed by atoms with Crippen molar-refractivity contribution in [2.24, 2.45) is 5.92 Å². The zero-order valence-electron chi connectivity index (χ0n) is 12.0. The second-order valence-corrected chi connectivity index (χ2v) is 6.36. The molecule has 0 unspecified atom stereocenters. The van der Waals surface area contributed by atoms with Crippen LogP contribution in [-0.2, 0) is 10.2 Å². The van der Waals surface area contributed by atoms with Gasteiger partial charge < -0.3 is 10.4 Å². The van der Waals surface area contributed by atoms with Crippen LogP contribution >= 0.6 is 0 Å². The fraction of sp³-hybridized carbons (Fsp3) is 0.533. The minimum absolute atomic E-state index is 0.00465. The third-order valence-corrected chi connectivity index (χ3v) is 3.68. The van der Waals surface area contributed by atoms with Gasteiger partial charge in [0.15, 0.2) is 0 Å². The van der Waals surface area contributed by atoms with Crippen molar-refractivity contribution >= 4 is 11.9 Å². The van der Waals surface area contributed by atoms with Crippen molar-refractivity contribution in [1.29, 1.82) is 0 Å². The SMILES string of the molecule is CC(C)(C)c1ccc(C(=O)NC2CC(C(=O)O)C2)nc1. The van der Waals surface area contributed by atoms with E-state index in [1.807, 2.05) is 6.07 Å². The molecule has 1 aromatic heterocycles. The van der Waals surface area contributed by atoms with Crippen LogP contribution in [0.1, 0.15) is 49.7 Å². The van der Waals surface area contributed by atoms with E-state index in [1.54, 1.807) is 12.3 Å². The highest BCUT2D eigenvalue weighted by molar-refractivity contribution is 5.92. The molecular formula is C15H20N2O3. The first-order valence-electron chi connectivity index (χ1n) is 6.77. The minimum Gasteiger partial charge on any atom is -0.481 e. The Bertz CT molecular complexity index is 511. The number of aromatic nitrogens is 1. The number of pyridine rings is 1. The summed E-state index contributed by atoms with van der Waals surface area (Å²) < 4.78 is 0. The Hall–Kier alpha value is -1.91. The highest BCUT2D eigenvalue weighted by atomic mass is 16.4. The van der Waals surface area contributed by atoms with Crippen molar-refractivity contribution in [3.8, 4) is 0 Å². The molecule has 1 amide bonds. The predicted molar refractivity (Wildman–Crippen MR) is 74.6 cm³/mol. The van der Waals surface area contributed by atoms with E-state index in [1.165, 1.54) is 0 Å². The van der Waals surface area contributed by atoms with Crippen molar-refractivity contribution in [2.75, 3.05) is 0 Å². The van der Waals surface area contributed by atoms with Crippen LogP contribution in [0.15, 0.2) is 18.3 Å². The summed E-state index contributed by atoms with van der Waals surface area (Å²) in [6, 6.07) is 3.57. The molecule has 1 saturated carbocycles. The van der Waals surface area contributed by atoms with E-state index in [9.17, 15) is 9.59 Å². The molecule has 1 aliphatic rings. The van der Waals surface area contributed by atoms with Crippen LogP contribution in [0, 0.1) is 5.92 Å². The summed E-state index contributed by atoms with van der Waals surface area (Å²) in [7, 11) is 0. The van der Waals surface area contributed by atoms with Crippen molar-refractivity contribution < 1.29 is 14.7 Å². The quantitative estimate of drug-likeness (QED) is 0.884. The monoisotopic (exact) mass is 276 g/mol. The summed E-state index contributed by atoms with van der Waals surface area (Å²) in [6.45, 7) is 6.26. The standard InChI is InChI=1S/C15H20N2O3/c1-15(2,3)10-4-5-12(16-8-10)13(18)17-11-6-9(7-11)14(19)20/h4-5,8-9,11H,6-7H2,1-3H3,(H,17,18)(H,19,20). The molecule has 1 aliphatic carbocycles. The number of amides is 1. The molecule has 2 N–H and O–H groups in total. The van der Waals surface area contributed by atoms with Gasteiger partial charge in [0.2, 0.25) is 0 Å².